The fourth-order valence-electron chi connectivity index (χ4n) is 3.53. The summed E-state index contributed by atoms with van der Waals surface area (Å²) in [6, 6.07) is 6.36. The molecule has 4 rings (SSSR count). The lowest BCUT2D eigenvalue weighted by molar-refractivity contribution is -0.130. The summed E-state index contributed by atoms with van der Waals surface area (Å²) in [5.41, 5.74) is -0.143. The number of rotatable bonds is 4. The summed E-state index contributed by atoms with van der Waals surface area (Å²) in [7, 11) is 0. The minimum Gasteiger partial charge on any atom is -0.486 e. The van der Waals surface area contributed by atoms with Crippen molar-refractivity contribution >= 4 is 29.1 Å². The Balaban J connectivity index is 1.59. The highest BCUT2D eigenvalue weighted by Gasteiger charge is 2.49. The van der Waals surface area contributed by atoms with Crippen LogP contribution in [0.25, 0.3) is 0 Å². The summed E-state index contributed by atoms with van der Waals surface area (Å²) in [5, 5.41) is 2.72. The van der Waals surface area contributed by atoms with Crippen molar-refractivity contribution in [3.8, 4) is 11.5 Å². The second-order valence-electron chi connectivity index (χ2n) is 7.05. The molecule has 1 N–H and O–H groups in total. The van der Waals surface area contributed by atoms with E-state index in [-0.39, 0.29) is 12.3 Å². The second kappa shape index (κ2) is 6.63. The van der Waals surface area contributed by atoms with Crippen molar-refractivity contribution in [2.45, 2.75) is 26.3 Å². The van der Waals surface area contributed by atoms with Gasteiger partial charge in [-0.15, -0.1) is 11.3 Å². The zero-order valence-corrected chi connectivity index (χ0v) is 16.6. The molecule has 28 heavy (non-hydrogen) atoms. The Morgan fingerprint density at radius 2 is 1.89 bits per heavy atom. The molecule has 7 nitrogen and oxygen atoms in total. The van der Waals surface area contributed by atoms with E-state index in [4.69, 9.17) is 9.47 Å². The molecule has 1 unspecified atom stereocenters. The Morgan fingerprint density at radius 3 is 2.57 bits per heavy atom. The van der Waals surface area contributed by atoms with Crippen LogP contribution in [0.3, 0.4) is 0 Å². The third-order valence-electron chi connectivity index (χ3n) is 5.04. The summed E-state index contributed by atoms with van der Waals surface area (Å²) in [6.45, 7) is 6.01. The van der Waals surface area contributed by atoms with Crippen LogP contribution in [0.5, 0.6) is 11.5 Å². The van der Waals surface area contributed by atoms with E-state index < -0.39 is 17.5 Å². The lowest BCUT2D eigenvalue weighted by Gasteiger charge is -2.25. The van der Waals surface area contributed by atoms with Gasteiger partial charge in [0.2, 0.25) is 0 Å². The molecular weight excluding hydrogens is 380 g/mol. The summed E-state index contributed by atoms with van der Waals surface area (Å²) < 4.78 is 11.1. The van der Waals surface area contributed by atoms with Gasteiger partial charge in [-0.05, 0) is 44.5 Å². The summed E-state index contributed by atoms with van der Waals surface area (Å²) in [4.78, 5) is 41.1. The van der Waals surface area contributed by atoms with Crippen LogP contribution in [0.4, 0.5) is 4.79 Å². The first-order valence-electron chi connectivity index (χ1n) is 8.94. The number of thiophene rings is 1. The number of carbonyl (C=O) groups is 3. The number of urea groups is 1. The number of Topliss-reactive ketones (excluding diaryl/α,β-unsaturated/α-hetero) is 1. The highest BCUT2D eigenvalue weighted by molar-refractivity contribution is 7.12. The van der Waals surface area contributed by atoms with Gasteiger partial charge in [-0.25, -0.2) is 4.79 Å². The molecule has 0 radical (unpaired) electrons. The molecule has 0 spiro atoms. The zero-order chi connectivity index (χ0) is 20.1. The molecule has 8 heteroatoms. The fourth-order valence-corrected chi connectivity index (χ4v) is 4.47. The molecule has 1 atom stereocenters. The van der Waals surface area contributed by atoms with Crippen LogP contribution >= 0.6 is 11.3 Å². The first kappa shape index (κ1) is 18.5. The van der Waals surface area contributed by atoms with Gasteiger partial charge in [0.15, 0.2) is 17.3 Å². The van der Waals surface area contributed by atoms with Gasteiger partial charge in [0.05, 0.1) is 6.54 Å². The molecule has 2 aromatic rings. The Hall–Kier alpha value is -2.87. The van der Waals surface area contributed by atoms with Gasteiger partial charge in [0.1, 0.15) is 18.8 Å². The van der Waals surface area contributed by atoms with Gasteiger partial charge in [-0.1, -0.05) is 6.07 Å². The SMILES string of the molecule is Cc1cc(C(=O)CN2C(=O)NC(C)(c3ccc4c(c3)OCCO4)C2=O)c(C)s1. The third-order valence-corrected chi connectivity index (χ3v) is 6.00. The zero-order valence-electron chi connectivity index (χ0n) is 15.8. The van der Waals surface area contributed by atoms with Crippen molar-refractivity contribution in [1.29, 1.82) is 0 Å². The summed E-state index contributed by atoms with van der Waals surface area (Å²) in [6.07, 6.45) is 0. The predicted octanol–water partition coefficient (Wildman–Crippen LogP) is 2.79. The molecule has 0 bridgehead atoms. The number of hydrogen-bond donors (Lipinski definition) is 1. The molecule has 3 heterocycles. The van der Waals surface area contributed by atoms with E-state index in [1.807, 2.05) is 13.8 Å². The van der Waals surface area contributed by atoms with Crippen molar-refractivity contribution in [3.63, 3.8) is 0 Å². The number of nitrogens with zero attached hydrogens (tertiary/aromatic N) is 1. The van der Waals surface area contributed by atoms with Gasteiger partial charge >= 0.3 is 6.03 Å². The lowest BCUT2D eigenvalue weighted by atomic mass is 9.91. The maximum Gasteiger partial charge on any atom is 0.325 e. The number of imide groups is 1. The van der Waals surface area contributed by atoms with E-state index >= 15 is 0 Å². The van der Waals surface area contributed by atoms with Crippen LogP contribution < -0.4 is 14.8 Å². The molecule has 1 fully saturated rings. The van der Waals surface area contributed by atoms with Crippen LogP contribution in [0.1, 0.15) is 32.6 Å². The van der Waals surface area contributed by atoms with Gasteiger partial charge < -0.3 is 14.8 Å². The van der Waals surface area contributed by atoms with Crippen LogP contribution in [-0.4, -0.2) is 42.4 Å². The van der Waals surface area contributed by atoms with Crippen molar-refractivity contribution in [2.24, 2.45) is 0 Å². The number of ether oxygens (including phenoxy) is 2. The molecule has 2 aliphatic rings. The minimum atomic E-state index is -1.27. The van der Waals surface area contributed by atoms with Gasteiger partial charge in [0.25, 0.3) is 5.91 Å². The van der Waals surface area contributed by atoms with E-state index in [9.17, 15) is 14.4 Å². The number of nitrogens with one attached hydrogen (secondary N) is 1. The van der Waals surface area contributed by atoms with E-state index in [2.05, 4.69) is 5.32 Å². The van der Waals surface area contributed by atoms with Gasteiger partial charge in [-0.3, -0.25) is 14.5 Å². The number of hydrogen-bond acceptors (Lipinski definition) is 6. The molecular formula is C20H20N2O5S. The number of ketones is 1. The number of amides is 3. The van der Waals surface area contributed by atoms with E-state index in [1.165, 1.54) is 11.3 Å². The number of carbonyl (C=O) groups excluding carboxylic acids is 3. The van der Waals surface area contributed by atoms with Crippen LogP contribution in [0.2, 0.25) is 0 Å². The van der Waals surface area contributed by atoms with Gasteiger partial charge in [0, 0.05) is 15.3 Å². The normalized spacial score (nSPS) is 21.0. The molecule has 0 aliphatic carbocycles. The van der Waals surface area contributed by atoms with Crippen molar-refractivity contribution < 1.29 is 23.9 Å². The standard InChI is InChI=1S/C20H20N2O5S/c1-11-8-14(12(2)28-11)15(23)10-22-18(24)20(3,21-19(22)25)13-4-5-16-17(9-13)27-7-6-26-16/h4-5,8-9H,6-7,10H2,1-3H3,(H,21,25). The molecule has 1 saturated heterocycles. The highest BCUT2D eigenvalue weighted by Crippen LogP contribution is 2.37. The van der Waals surface area contributed by atoms with Crippen LogP contribution in [-0.2, 0) is 10.3 Å². The average molecular weight is 400 g/mol. The predicted molar refractivity (Wildman–Crippen MR) is 103 cm³/mol. The lowest BCUT2D eigenvalue weighted by Crippen LogP contribution is -2.41. The van der Waals surface area contributed by atoms with Crippen molar-refractivity contribution in [1.82, 2.24) is 10.2 Å². The quantitative estimate of drug-likeness (QED) is 0.630. The highest BCUT2D eigenvalue weighted by atomic mass is 32.1. The first-order chi connectivity index (χ1) is 13.3. The van der Waals surface area contributed by atoms with E-state index in [0.29, 0.717) is 35.8 Å². The Kier molecular flexibility index (Phi) is 4.38. The number of benzene rings is 1. The Labute approximate surface area is 166 Å². The number of fused-ring (bicyclic) bond motifs is 1. The largest absolute Gasteiger partial charge is 0.486 e. The monoisotopic (exact) mass is 400 g/mol. The van der Waals surface area contributed by atoms with Crippen LogP contribution in [0.15, 0.2) is 24.3 Å². The Bertz CT molecular complexity index is 998. The first-order valence-corrected chi connectivity index (χ1v) is 9.76. The maximum atomic E-state index is 13.1. The van der Waals surface area contributed by atoms with Gasteiger partial charge in [-0.2, -0.15) is 0 Å². The molecule has 2 aliphatic heterocycles. The number of aryl methyl sites for hydroxylation is 2. The molecule has 1 aromatic carbocycles. The minimum absolute atomic E-state index is 0.253. The second-order valence-corrected chi connectivity index (χ2v) is 8.52. The third kappa shape index (κ3) is 2.93. The summed E-state index contributed by atoms with van der Waals surface area (Å²) >= 11 is 1.52. The average Bonchev–Trinajstić information content (AvgIpc) is 3.12. The molecule has 146 valence electrons. The topological polar surface area (TPSA) is 84.9 Å². The Morgan fingerprint density at radius 1 is 1.18 bits per heavy atom. The van der Waals surface area contributed by atoms with E-state index in [0.717, 1.165) is 14.7 Å². The summed E-state index contributed by atoms with van der Waals surface area (Å²) in [5.74, 6) is 0.417. The van der Waals surface area contributed by atoms with E-state index in [1.54, 1.807) is 31.2 Å². The fraction of sp³-hybridized carbons (Fsp3) is 0.350. The maximum absolute atomic E-state index is 13.1. The molecule has 0 saturated carbocycles. The smallest absolute Gasteiger partial charge is 0.325 e. The van der Waals surface area contributed by atoms with Crippen molar-refractivity contribution in [2.75, 3.05) is 19.8 Å². The molecule has 1 aromatic heterocycles. The van der Waals surface area contributed by atoms with Crippen LogP contribution in [0, 0.1) is 13.8 Å². The molecule has 3 amide bonds. The van der Waals surface area contributed by atoms with Crippen molar-refractivity contribution in [3.05, 3.63) is 45.1 Å².